The Morgan fingerprint density at radius 1 is 1.38 bits per heavy atom. The van der Waals surface area contributed by atoms with Gasteiger partial charge in [-0.1, -0.05) is 12.5 Å². The van der Waals surface area contributed by atoms with Crippen LogP contribution >= 0.6 is 11.6 Å². The first-order valence-electron chi connectivity index (χ1n) is 6.09. The first-order chi connectivity index (χ1) is 7.84. The number of alkyl halides is 1. The second-order valence-electron chi connectivity index (χ2n) is 4.58. The van der Waals surface area contributed by atoms with E-state index < -0.39 is 0 Å². The molecule has 1 saturated carbocycles. The van der Waals surface area contributed by atoms with Crippen molar-refractivity contribution in [1.82, 2.24) is 10.3 Å². The highest BCUT2D eigenvalue weighted by Gasteiger charge is 2.19. The van der Waals surface area contributed by atoms with Gasteiger partial charge >= 0.3 is 0 Å². The zero-order valence-electron chi connectivity index (χ0n) is 9.53. The number of hydrogen-bond donors (Lipinski definition) is 1. The number of aromatic nitrogens is 1. The van der Waals surface area contributed by atoms with Crippen molar-refractivity contribution in [2.45, 2.75) is 37.6 Å². The molecule has 16 heavy (non-hydrogen) atoms. The molecule has 0 aliphatic heterocycles. The average molecular weight is 239 g/mol. The molecule has 3 heteroatoms. The van der Waals surface area contributed by atoms with Crippen LogP contribution in [0.25, 0.3) is 0 Å². The number of nitrogens with zero attached hydrogens (tertiary/aromatic N) is 1. The second kappa shape index (κ2) is 6.21. The fourth-order valence-corrected chi connectivity index (χ4v) is 2.72. The number of hydrogen-bond acceptors (Lipinski definition) is 2. The van der Waals surface area contributed by atoms with Gasteiger partial charge in [-0.15, -0.1) is 11.6 Å². The Hall–Kier alpha value is -0.600. The van der Waals surface area contributed by atoms with Crippen molar-refractivity contribution < 1.29 is 0 Å². The smallest absolute Gasteiger partial charge is 0.0541 e. The van der Waals surface area contributed by atoms with Gasteiger partial charge in [0.05, 0.1) is 5.69 Å². The Bertz CT molecular complexity index is 302. The predicted octanol–water partition coefficient (Wildman–Crippen LogP) is 2.97. The lowest BCUT2D eigenvalue weighted by Crippen LogP contribution is -2.27. The first-order valence-corrected chi connectivity index (χ1v) is 6.53. The Morgan fingerprint density at radius 3 is 3.06 bits per heavy atom. The minimum Gasteiger partial charge on any atom is -0.311 e. The molecule has 2 atom stereocenters. The summed E-state index contributed by atoms with van der Waals surface area (Å²) in [5.41, 5.74) is 1.11. The predicted molar refractivity (Wildman–Crippen MR) is 67.5 cm³/mol. The van der Waals surface area contributed by atoms with Crippen molar-refractivity contribution >= 4 is 11.6 Å². The van der Waals surface area contributed by atoms with E-state index in [0.29, 0.717) is 5.38 Å². The van der Waals surface area contributed by atoms with E-state index in [-0.39, 0.29) is 0 Å². The van der Waals surface area contributed by atoms with Gasteiger partial charge in [-0.2, -0.15) is 0 Å². The summed E-state index contributed by atoms with van der Waals surface area (Å²) in [6.45, 7) is 1.93. The molecule has 2 nitrogen and oxygen atoms in total. The van der Waals surface area contributed by atoms with Gasteiger partial charge in [0.15, 0.2) is 0 Å². The van der Waals surface area contributed by atoms with Crippen LogP contribution in [-0.4, -0.2) is 16.9 Å². The van der Waals surface area contributed by atoms with E-state index >= 15 is 0 Å². The van der Waals surface area contributed by atoms with Crippen molar-refractivity contribution in [3.63, 3.8) is 0 Å². The molecule has 0 saturated heterocycles. The van der Waals surface area contributed by atoms with Crippen LogP contribution in [0.15, 0.2) is 24.4 Å². The number of nitrogens with one attached hydrogen (secondary N) is 1. The average Bonchev–Trinajstić information content (AvgIpc) is 2.30. The lowest BCUT2D eigenvalue weighted by Gasteiger charge is -2.25. The summed E-state index contributed by atoms with van der Waals surface area (Å²) in [7, 11) is 0. The van der Waals surface area contributed by atoms with E-state index in [1.165, 1.54) is 19.3 Å². The molecule has 0 aromatic carbocycles. The Balaban J connectivity index is 1.68. The molecule has 2 rings (SSSR count). The summed E-state index contributed by atoms with van der Waals surface area (Å²) >= 11 is 6.17. The topological polar surface area (TPSA) is 24.9 Å². The van der Waals surface area contributed by atoms with Gasteiger partial charge in [-0.25, -0.2) is 0 Å². The van der Waals surface area contributed by atoms with E-state index in [2.05, 4.69) is 16.4 Å². The quantitative estimate of drug-likeness (QED) is 0.816. The van der Waals surface area contributed by atoms with Crippen LogP contribution < -0.4 is 5.32 Å². The number of rotatable bonds is 4. The molecular weight excluding hydrogens is 220 g/mol. The van der Waals surface area contributed by atoms with Crippen LogP contribution in [0, 0.1) is 5.92 Å². The van der Waals surface area contributed by atoms with Crippen LogP contribution in [-0.2, 0) is 6.54 Å². The van der Waals surface area contributed by atoms with Gasteiger partial charge < -0.3 is 5.32 Å². The minimum atomic E-state index is 0.399. The summed E-state index contributed by atoms with van der Waals surface area (Å²) in [6, 6.07) is 6.03. The Labute approximate surface area is 102 Å². The molecule has 0 bridgehead atoms. The van der Waals surface area contributed by atoms with E-state index in [1.807, 2.05) is 18.3 Å². The van der Waals surface area contributed by atoms with E-state index in [4.69, 9.17) is 11.6 Å². The molecule has 0 spiro atoms. The highest BCUT2D eigenvalue weighted by molar-refractivity contribution is 6.20. The van der Waals surface area contributed by atoms with Gasteiger partial charge in [0.1, 0.15) is 0 Å². The third-order valence-electron chi connectivity index (χ3n) is 3.18. The second-order valence-corrected chi connectivity index (χ2v) is 5.20. The Morgan fingerprint density at radius 2 is 2.31 bits per heavy atom. The van der Waals surface area contributed by atoms with Gasteiger partial charge in [0.2, 0.25) is 0 Å². The number of halogens is 1. The lowest BCUT2D eigenvalue weighted by atomic mass is 9.89. The molecular formula is C13H19ClN2. The zero-order chi connectivity index (χ0) is 11.2. The molecule has 0 radical (unpaired) electrons. The molecule has 1 aromatic heterocycles. The fourth-order valence-electron chi connectivity index (χ4n) is 2.32. The molecule has 0 amide bonds. The van der Waals surface area contributed by atoms with Crippen molar-refractivity contribution in [1.29, 1.82) is 0 Å². The van der Waals surface area contributed by atoms with E-state index in [9.17, 15) is 0 Å². The molecule has 2 unspecified atom stereocenters. The molecule has 88 valence electrons. The summed E-state index contributed by atoms with van der Waals surface area (Å²) in [5, 5.41) is 3.87. The van der Waals surface area contributed by atoms with Gasteiger partial charge in [-0.05, 0) is 43.9 Å². The van der Waals surface area contributed by atoms with Crippen molar-refractivity contribution in [2.24, 2.45) is 5.92 Å². The third kappa shape index (κ3) is 3.76. The SMILES string of the molecule is ClC1CCCC(CNCc2ccccn2)C1. The van der Waals surface area contributed by atoms with Gasteiger partial charge in [0.25, 0.3) is 0 Å². The normalized spacial score (nSPS) is 25.6. The van der Waals surface area contributed by atoms with Crippen LogP contribution in [0.3, 0.4) is 0 Å². The standard InChI is InChI=1S/C13H19ClN2/c14-12-5-3-4-11(8-12)9-15-10-13-6-1-2-7-16-13/h1-2,6-7,11-12,15H,3-5,8-10H2. The van der Waals surface area contributed by atoms with E-state index in [1.54, 1.807) is 0 Å². The largest absolute Gasteiger partial charge is 0.311 e. The summed E-state index contributed by atoms with van der Waals surface area (Å²) in [5.74, 6) is 0.750. The monoisotopic (exact) mass is 238 g/mol. The van der Waals surface area contributed by atoms with Crippen molar-refractivity contribution in [3.05, 3.63) is 30.1 Å². The van der Waals surface area contributed by atoms with Crippen LogP contribution in [0.5, 0.6) is 0 Å². The van der Waals surface area contributed by atoms with Gasteiger partial charge in [-0.3, -0.25) is 4.98 Å². The maximum atomic E-state index is 6.17. The molecule has 1 aromatic rings. The summed E-state index contributed by atoms with van der Waals surface area (Å²) < 4.78 is 0. The molecule has 1 aliphatic rings. The third-order valence-corrected chi connectivity index (χ3v) is 3.58. The van der Waals surface area contributed by atoms with Crippen molar-refractivity contribution in [3.8, 4) is 0 Å². The van der Waals surface area contributed by atoms with E-state index in [0.717, 1.165) is 31.1 Å². The lowest BCUT2D eigenvalue weighted by molar-refractivity contribution is 0.345. The summed E-state index contributed by atoms with van der Waals surface area (Å²) in [6.07, 6.45) is 6.80. The van der Waals surface area contributed by atoms with Gasteiger partial charge in [0, 0.05) is 18.1 Å². The van der Waals surface area contributed by atoms with Crippen LogP contribution in [0.4, 0.5) is 0 Å². The summed E-state index contributed by atoms with van der Waals surface area (Å²) in [4.78, 5) is 4.29. The molecule has 1 heterocycles. The molecule has 1 fully saturated rings. The van der Waals surface area contributed by atoms with Crippen molar-refractivity contribution in [2.75, 3.05) is 6.54 Å². The number of pyridine rings is 1. The highest BCUT2D eigenvalue weighted by atomic mass is 35.5. The minimum absolute atomic E-state index is 0.399. The van der Waals surface area contributed by atoms with Crippen LogP contribution in [0.2, 0.25) is 0 Å². The fraction of sp³-hybridized carbons (Fsp3) is 0.615. The maximum absolute atomic E-state index is 6.17. The first kappa shape index (κ1) is 11.9. The Kier molecular flexibility index (Phi) is 4.61. The van der Waals surface area contributed by atoms with Crippen LogP contribution in [0.1, 0.15) is 31.4 Å². The molecule has 1 N–H and O–H groups in total. The maximum Gasteiger partial charge on any atom is 0.0541 e. The highest BCUT2D eigenvalue weighted by Crippen LogP contribution is 2.27. The molecule has 1 aliphatic carbocycles. The zero-order valence-corrected chi connectivity index (χ0v) is 10.3.